The van der Waals surface area contributed by atoms with Gasteiger partial charge in [0.05, 0.1) is 16.9 Å². The minimum atomic E-state index is -0.719. The van der Waals surface area contributed by atoms with Gasteiger partial charge in [0.25, 0.3) is 5.56 Å². The standard InChI is InChI=1S/C31H31FN10O2/c1-17(2)42-27-20(15-36-29(34-6)39-27)11-22(28(42)43)18-8-10-23(32)24(12-18)37-30(44)38-25-16-41(31(3,4)5)40-26(25)19-7-9-21(13-33)35-14-19/h7-12,14-17H,1-6H3,(H,34,36,39)(H2,37,38,44). The molecule has 1 aromatic carbocycles. The van der Waals surface area contributed by atoms with E-state index in [1.807, 2.05) is 40.7 Å². The second kappa shape index (κ2) is 11.6. The van der Waals surface area contributed by atoms with Crippen LogP contribution >= 0.6 is 0 Å². The van der Waals surface area contributed by atoms with Crippen molar-refractivity contribution in [3.05, 3.63) is 76.9 Å². The fourth-order valence-electron chi connectivity index (χ4n) is 4.61. The maximum Gasteiger partial charge on any atom is 0.323 e. The van der Waals surface area contributed by atoms with E-state index in [0.717, 1.165) is 0 Å². The molecule has 0 radical (unpaired) electrons. The van der Waals surface area contributed by atoms with Crippen LogP contribution in [0.1, 0.15) is 46.4 Å². The molecule has 0 saturated heterocycles. The summed E-state index contributed by atoms with van der Waals surface area (Å²) in [7, 11) is 1.69. The maximum atomic E-state index is 15.0. The van der Waals surface area contributed by atoms with Crippen LogP contribution in [0.3, 0.4) is 0 Å². The van der Waals surface area contributed by atoms with Gasteiger partial charge in [-0.3, -0.25) is 14.0 Å². The van der Waals surface area contributed by atoms with Crippen LogP contribution in [0.5, 0.6) is 0 Å². The fourth-order valence-corrected chi connectivity index (χ4v) is 4.61. The van der Waals surface area contributed by atoms with Crippen molar-refractivity contribution in [2.45, 2.75) is 46.2 Å². The number of carbonyl (C=O) groups excluding carboxylic acids is 1. The van der Waals surface area contributed by atoms with Crippen molar-refractivity contribution in [1.29, 1.82) is 5.26 Å². The molecule has 5 aromatic rings. The van der Waals surface area contributed by atoms with E-state index in [2.05, 4.69) is 36.0 Å². The van der Waals surface area contributed by atoms with E-state index in [1.54, 1.807) is 46.9 Å². The maximum absolute atomic E-state index is 15.0. The first kappa shape index (κ1) is 29.8. The number of anilines is 3. The third-order valence-corrected chi connectivity index (χ3v) is 6.84. The first-order valence-corrected chi connectivity index (χ1v) is 13.8. The first-order valence-electron chi connectivity index (χ1n) is 13.8. The summed E-state index contributed by atoms with van der Waals surface area (Å²) in [5.41, 5.74) is 1.94. The second-order valence-electron chi connectivity index (χ2n) is 11.4. The Bertz CT molecular complexity index is 1980. The lowest BCUT2D eigenvalue weighted by atomic mass is 10.0. The highest BCUT2D eigenvalue weighted by Crippen LogP contribution is 2.30. The van der Waals surface area contributed by atoms with Gasteiger partial charge in [-0.1, -0.05) is 6.07 Å². The van der Waals surface area contributed by atoms with Gasteiger partial charge in [0, 0.05) is 48.2 Å². The summed E-state index contributed by atoms with van der Waals surface area (Å²) in [6.45, 7) is 9.61. The summed E-state index contributed by atoms with van der Waals surface area (Å²) in [5.74, 6) is -0.303. The number of pyridine rings is 2. The molecule has 12 nitrogen and oxygen atoms in total. The molecule has 224 valence electrons. The zero-order valence-corrected chi connectivity index (χ0v) is 25.1. The lowest BCUT2D eigenvalue weighted by molar-refractivity contribution is 0.262. The van der Waals surface area contributed by atoms with Gasteiger partial charge in [-0.25, -0.2) is 19.2 Å². The highest BCUT2D eigenvalue weighted by atomic mass is 19.1. The Kier molecular flexibility index (Phi) is 7.84. The second-order valence-corrected chi connectivity index (χ2v) is 11.4. The first-order chi connectivity index (χ1) is 20.9. The van der Waals surface area contributed by atoms with Crippen LogP contribution < -0.4 is 21.5 Å². The van der Waals surface area contributed by atoms with Crippen LogP contribution in [0.25, 0.3) is 33.4 Å². The van der Waals surface area contributed by atoms with Gasteiger partial charge in [0.1, 0.15) is 28.9 Å². The van der Waals surface area contributed by atoms with E-state index in [0.29, 0.717) is 45.1 Å². The number of halogens is 1. The summed E-state index contributed by atoms with van der Waals surface area (Å²) in [5, 5.41) is 22.6. The van der Waals surface area contributed by atoms with Crippen molar-refractivity contribution in [2.75, 3.05) is 23.0 Å². The molecule has 0 spiro atoms. The van der Waals surface area contributed by atoms with E-state index in [9.17, 15) is 9.59 Å². The number of fused-ring (bicyclic) bond motifs is 1. The average Bonchev–Trinajstić information content (AvgIpc) is 3.41. The zero-order valence-electron chi connectivity index (χ0n) is 25.1. The van der Waals surface area contributed by atoms with Gasteiger partial charge in [0.2, 0.25) is 5.95 Å². The number of hydrogen-bond donors (Lipinski definition) is 3. The molecule has 44 heavy (non-hydrogen) atoms. The van der Waals surface area contributed by atoms with Crippen LogP contribution in [-0.4, -0.2) is 42.4 Å². The molecule has 13 heteroatoms. The molecule has 0 atom stereocenters. The number of nitrogens with one attached hydrogen (secondary N) is 3. The molecule has 0 unspecified atom stereocenters. The summed E-state index contributed by atoms with van der Waals surface area (Å²) in [6, 6.07) is 10.0. The zero-order chi connectivity index (χ0) is 31.8. The number of benzene rings is 1. The quantitative estimate of drug-likeness (QED) is 0.224. The molecular formula is C31H31FN10O2. The molecule has 4 heterocycles. The van der Waals surface area contributed by atoms with Crippen molar-refractivity contribution in [3.63, 3.8) is 0 Å². The Balaban J connectivity index is 1.49. The van der Waals surface area contributed by atoms with E-state index in [-0.39, 0.29) is 23.0 Å². The van der Waals surface area contributed by atoms with Crippen LogP contribution in [-0.2, 0) is 5.54 Å². The average molecular weight is 595 g/mol. The van der Waals surface area contributed by atoms with Crippen LogP contribution in [0.15, 0.2) is 59.8 Å². The third kappa shape index (κ3) is 5.82. The van der Waals surface area contributed by atoms with Gasteiger partial charge in [-0.2, -0.15) is 15.3 Å². The van der Waals surface area contributed by atoms with E-state index in [4.69, 9.17) is 5.26 Å². The van der Waals surface area contributed by atoms with Gasteiger partial charge >= 0.3 is 6.03 Å². The van der Waals surface area contributed by atoms with Crippen LogP contribution in [0.4, 0.5) is 26.5 Å². The molecule has 0 saturated carbocycles. The topological polar surface area (TPSA) is 155 Å². The smallest absolute Gasteiger partial charge is 0.323 e. The van der Waals surface area contributed by atoms with Crippen molar-refractivity contribution in [2.24, 2.45) is 0 Å². The molecule has 0 fully saturated rings. The Hall–Kier alpha value is -5.64. The molecule has 5 rings (SSSR count). The van der Waals surface area contributed by atoms with Gasteiger partial charge in [-0.15, -0.1) is 0 Å². The van der Waals surface area contributed by atoms with E-state index < -0.39 is 17.4 Å². The molecule has 0 aliphatic heterocycles. The lowest BCUT2D eigenvalue weighted by Crippen LogP contribution is -2.25. The molecular weight excluding hydrogens is 563 g/mol. The minimum Gasteiger partial charge on any atom is -0.357 e. The Morgan fingerprint density at radius 3 is 2.39 bits per heavy atom. The number of rotatable bonds is 6. The summed E-state index contributed by atoms with van der Waals surface area (Å²) in [4.78, 5) is 39.7. The summed E-state index contributed by atoms with van der Waals surface area (Å²) in [6.07, 6.45) is 4.79. The highest BCUT2D eigenvalue weighted by molar-refractivity contribution is 6.02. The molecule has 0 aliphatic carbocycles. The Morgan fingerprint density at radius 2 is 1.75 bits per heavy atom. The molecule has 3 N–H and O–H groups in total. The number of urea groups is 1. The van der Waals surface area contributed by atoms with Crippen molar-refractivity contribution in [3.8, 4) is 28.5 Å². The Morgan fingerprint density at radius 1 is 1.02 bits per heavy atom. The molecule has 2 amide bonds. The molecule has 0 bridgehead atoms. The van der Waals surface area contributed by atoms with E-state index in [1.165, 1.54) is 24.4 Å². The van der Waals surface area contributed by atoms with Crippen LogP contribution in [0.2, 0.25) is 0 Å². The Labute approximate surface area is 252 Å². The van der Waals surface area contributed by atoms with Crippen LogP contribution in [0, 0.1) is 17.1 Å². The number of carbonyl (C=O) groups is 1. The number of nitrogens with zero attached hydrogens (tertiary/aromatic N) is 7. The number of hydrogen-bond acceptors (Lipinski definition) is 8. The summed E-state index contributed by atoms with van der Waals surface area (Å²) >= 11 is 0. The van der Waals surface area contributed by atoms with Gasteiger partial charge in [0.15, 0.2) is 0 Å². The fraction of sp³-hybridized carbons (Fsp3) is 0.258. The van der Waals surface area contributed by atoms with Gasteiger partial charge in [-0.05, 0) is 70.5 Å². The summed E-state index contributed by atoms with van der Waals surface area (Å²) < 4.78 is 18.3. The normalized spacial score (nSPS) is 11.4. The predicted octanol–water partition coefficient (Wildman–Crippen LogP) is 5.75. The highest BCUT2D eigenvalue weighted by Gasteiger charge is 2.22. The van der Waals surface area contributed by atoms with Crippen molar-refractivity contribution in [1.82, 2.24) is 29.3 Å². The van der Waals surface area contributed by atoms with Gasteiger partial charge < -0.3 is 16.0 Å². The SMILES string of the molecule is CNc1ncc2cc(-c3ccc(F)c(NC(=O)Nc4cn(C(C)(C)C)nc4-c4ccc(C#N)nc4)c3)c(=O)n(C(C)C)c2n1. The number of aromatic nitrogens is 6. The number of nitriles is 1. The van der Waals surface area contributed by atoms with Crippen molar-refractivity contribution < 1.29 is 9.18 Å². The molecule has 0 aliphatic rings. The van der Waals surface area contributed by atoms with Crippen molar-refractivity contribution >= 4 is 34.4 Å². The minimum absolute atomic E-state index is 0.123. The van der Waals surface area contributed by atoms with E-state index >= 15 is 4.39 Å². The predicted molar refractivity (Wildman–Crippen MR) is 167 cm³/mol. The third-order valence-electron chi connectivity index (χ3n) is 6.84. The largest absolute Gasteiger partial charge is 0.357 e. The molecule has 4 aromatic heterocycles. The monoisotopic (exact) mass is 594 g/mol. The lowest BCUT2D eigenvalue weighted by Gasteiger charge is -2.18. The number of amides is 2.